The van der Waals surface area contributed by atoms with E-state index in [-0.39, 0.29) is 0 Å². The van der Waals surface area contributed by atoms with Gasteiger partial charge in [-0.3, -0.25) is 0 Å². The van der Waals surface area contributed by atoms with Crippen molar-refractivity contribution >= 4 is 0 Å². The smallest absolute Gasteiger partial charge is 0.0291 e. The van der Waals surface area contributed by atoms with Gasteiger partial charge in [0.05, 0.1) is 0 Å². The van der Waals surface area contributed by atoms with Gasteiger partial charge >= 0.3 is 0 Å². The van der Waals surface area contributed by atoms with Crippen LogP contribution >= 0.6 is 0 Å². The van der Waals surface area contributed by atoms with Crippen molar-refractivity contribution in [2.75, 3.05) is 6.54 Å². The van der Waals surface area contributed by atoms with Crippen LogP contribution in [0.1, 0.15) is 56.7 Å². The Morgan fingerprint density at radius 1 is 1.22 bits per heavy atom. The largest absolute Gasteiger partial charge is 0.310 e. The Morgan fingerprint density at radius 3 is 2.56 bits per heavy atom. The van der Waals surface area contributed by atoms with Crippen LogP contribution in [0.5, 0.6) is 0 Å². The Hall–Kier alpha value is -1.26. The molecule has 1 unspecified atom stereocenters. The summed E-state index contributed by atoms with van der Waals surface area (Å²) in [6.45, 7) is 5.48. The van der Waals surface area contributed by atoms with Gasteiger partial charge in [0.15, 0.2) is 0 Å². The van der Waals surface area contributed by atoms with Gasteiger partial charge in [-0.25, -0.2) is 0 Å². The van der Waals surface area contributed by atoms with Crippen molar-refractivity contribution in [2.45, 2.75) is 52.0 Å². The molecule has 18 heavy (non-hydrogen) atoms. The Kier molecular flexibility index (Phi) is 7.22. The minimum Gasteiger partial charge on any atom is -0.310 e. The van der Waals surface area contributed by atoms with E-state index in [9.17, 15) is 0 Å². The molecular weight excluding hydrogens is 218 g/mol. The summed E-state index contributed by atoms with van der Waals surface area (Å²) in [6.07, 6.45) is 10.8. The molecule has 0 radical (unpaired) electrons. The van der Waals surface area contributed by atoms with Gasteiger partial charge in [-0.1, -0.05) is 37.6 Å². The summed E-state index contributed by atoms with van der Waals surface area (Å²) in [5.41, 5.74) is 2.80. The van der Waals surface area contributed by atoms with Gasteiger partial charge in [0.2, 0.25) is 0 Å². The minimum absolute atomic E-state index is 0.423. The van der Waals surface area contributed by atoms with Crippen molar-refractivity contribution in [3.05, 3.63) is 35.4 Å². The number of nitrogens with one attached hydrogen (secondary N) is 1. The monoisotopic (exact) mass is 243 g/mol. The second-order valence-electron chi connectivity index (χ2n) is 4.83. The van der Waals surface area contributed by atoms with Crippen LogP contribution in [0.3, 0.4) is 0 Å². The number of hydrogen-bond acceptors (Lipinski definition) is 1. The summed E-state index contributed by atoms with van der Waals surface area (Å²) < 4.78 is 0. The van der Waals surface area contributed by atoms with Crippen LogP contribution in [-0.4, -0.2) is 6.54 Å². The Bertz CT molecular complexity index is 358. The van der Waals surface area contributed by atoms with E-state index >= 15 is 0 Å². The highest BCUT2D eigenvalue weighted by Crippen LogP contribution is 2.14. The third-order valence-corrected chi connectivity index (χ3v) is 3.22. The van der Waals surface area contributed by atoms with Crippen LogP contribution < -0.4 is 5.32 Å². The van der Waals surface area contributed by atoms with Crippen LogP contribution in [0.4, 0.5) is 0 Å². The first-order valence-electron chi connectivity index (χ1n) is 7.03. The van der Waals surface area contributed by atoms with Crippen LogP contribution in [0.15, 0.2) is 24.3 Å². The van der Waals surface area contributed by atoms with Crippen LogP contribution in [0, 0.1) is 12.3 Å². The van der Waals surface area contributed by atoms with Crippen molar-refractivity contribution in [1.29, 1.82) is 0 Å². The number of rotatable bonds is 8. The van der Waals surface area contributed by atoms with E-state index in [0.29, 0.717) is 6.04 Å². The number of terminal acetylenes is 1. The molecule has 0 saturated heterocycles. The predicted octanol–water partition coefficient (Wildman–Crippen LogP) is 4.09. The van der Waals surface area contributed by atoms with E-state index < -0.39 is 0 Å². The van der Waals surface area contributed by atoms with Crippen molar-refractivity contribution in [3.8, 4) is 12.3 Å². The van der Waals surface area contributed by atoms with Gasteiger partial charge in [0.25, 0.3) is 0 Å². The molecule has 0 aromatic heterocycles. The van der Waals surface area contributed by atoms with Crippen LogP contribution in [-0.2, 0) is 6.42 Å². The highest BCUT2D eigenvalue weighted by Gasteiger charge is 2.03. The van der Waals surface area contributed by atoms with E-state index in [0.717, 1.165) is 25.8 Å². The van der Waals surface area contributed by atoms with E-state index in [1.165, 1.54) is 24.0 Å². The van der Waals surface area contributed by atoms with Gasteiger partial charge < -0.3 is 5.32 Å². The first-order valence-corrected chi connectivity index (χ1v) is 7.03. The number of hydrogen-bond donors (Lipinski definition) is 1. The SMILES string of the molecule is C#CCCCCNC(C)c1ccc(CCC)cc1. The normalized spacial score (nSPS) is 12.1. The Morgan fingerprint density at radius 2 is 1.94 bits per heavy atom. The lowest BCUT2D eigenvalue weighted by atomic mass is 10.0. The van der Waals surface area contributed by atoms with Crippen molar-refractivity contribution < 1.29 is 0 Å². The molecule has 0 spiro atoms. The van der Waals surface area contributed by atoms with Crippen LogP contribution in [0.25, 0.3) is 0 Å². The summed E-state index contributed by atoms with van der Waals surface area (Å²) in [5.74, 6) is 2.68. The summed E-state index contributed by atoms with van der Waals surface area (Å²) in [5, 5.41) is 3.54. The average Bonchev–Trinajstić information content (AvgIpc) is 2.39. The molecule has 1 heteroatoms. The first-order chi connectivity index (χ1) is 8.77. The molecule has 0 bridgehead atoms. The van der Waals surface area contributed by atoms with Gasteiger partial charge in [-0.2, -0.15) is 0 Å². The second-order valence-corrected chi connectivity index (χ2v) is 4.83. The number of aryl methyl sites for hydroxylation is 1. The molecular formula is C17H25N. The summed E-state index contributed by atoms with van der Waals surface area (Å²) in [4.78, 5) is 0. The fourth-order valence-corrected chi connectivity index (χ4v) is 2.05. The zero-order chi connectivity index (χ0) is 13.2. The maximum absolute atomic E-state index is 5.23. The van der Waals surface area contributed by atoms with E-state index in [2.05, 4.69) is 49.4 Å². The standard InChI is InChI=1S/C17H25N/c1-4-6-7-8-14-18-15(3)17-12-10-16(9-5-2)11-13-17/h1,10-13,15,18H,5-9,14H2,2-3H3. The van der Waals surface area contributed by atoms with Gasteiger partial charge in [-0.15, -0.1) is 12.3 Å². The molecule has 0 saturated carbocycles. The molecule has 98 valence electrons. The molecule has 0 aliphatic carbocycles. The molecule has 1 rings (SSSR count). The van der Waals surface area contributed by atoms with E-state index in [1.54, 1.807) is 0 Å². The topological polar surface area (TPSA) is 12.0 Å². The average molecular weight is 243 g/mol. The van der Waals surface area contributed by atoms with Crippen molar-refractivity contribution in [3.63, 3.8) is 0 Å². The summed E-state index contributed by atoms with van der Waals surface area (Å²) in [6, 6.07) is 9.39. The lowest BCUT2D eigenvalue weighted by molar-refractivity contribution is 0.549. The molecule has 1 aromatic carbocycles. The fraction of sp³-hybridized carbons (Fsp3) is 0.529. The third kappa shape index (κ3) is 5.38. The van der Waals surface area contributed by atoms with Crippen LogP contribution in [0.2, 0.25) is 0 Å². The molecule has 1 atom stereocenters. The molecule has 1 nitrogen and oxygen atoms in total. The third-order valence-electron chi connectivity index (χ3n) is 3.22. The summed E-state index contributed by atoms with van der Waals surface area (Å²) in [7, 11) is 0. The zero-order valence-corrected chi connectivity index (χ0v) is 11.7. The molecule has 1 aromatic rings. The number of unbranched alkanes of at least 4 members (excludes halogenated alkanes) is 2. The molecule has 0 heterocycles. The lowest BCUT2D eigenvalue weighted by Gasteiger charge is -2.14. The molecule has 0 aliphatic rings. The molecule has 0 fully saturated rings. The molecule has 1 N–H and O–H groups in total. The zero-order valence-electron chi connectivity index (χ0n) is 11.7. The Labute approximate surface area is 112 Å². The lowest BCUT2D eigenvalue weighted by Crippen LogP contribution is -2.19. The highest BCUT2D eigenvalue weighted by atomic mass is 14.9. The maximum atomic E-state index is 5.23. The second kappa shape index (κ2) is 8.78. The van der Waals surface area contributed by atoms with E-state index in [1.807, 2.05) is 0 Å². The van der Waals surface area contributed by atoms with Crippen molar-refractivity contribution in [1.82, 2.24) is 5.32 Å². The minimum atomic E-state index is 0.423. The van der Waals surface area contributed by atoms with E-state index in [4.69, 9.17) is 6.42 Å². The fourth-order valence-electron chi connectivity index (χ4n) is 2.05. The number of benzene rings is 1. The maximum Gasteiger partial charge on any atom is 0.0291 e. The quantitative estimate of drug-likeness (QED) is 0.535. The molecule has 0 aliphatic heterocycles. The van der Waals surface area contributed by atoms with Gasteiger partial charge in [0.1, 0.15) is 0 Å². The van der Waals surface area contributed by atoms with Gasteiger partial charge in [-0.05, 0) is 43.9 Å². The predicted molar refractivity (Wildman–Crippen MR) is 79.5 cm³/mol. The van der Waals surface area contributed by atoms with Crippen molar-refractivity contribution in [2.24, 2.45) is 0 Å². The van der Waals surface area contributed by atoms with Gasteiger partial charge in [0, 0.05) is 12.5 Å². The molecule has 0 amide bonds. The highest BCUT2D eigenvalue weighted by molar-refractivity contribution is 5.24. The Balaban J connectivity index is 2.32. The first kappa shape index (κ1) is 14.8. The summed E-state index contributed by atoms with van der Waals surface area (Å²) >= 11 is 0.